The molecule has 5 rings (SSSR count). The number of nitrogens with one attached hydrogen (secondary N) is 1. The van der Waals surface area contributed by atoms with E-state index in [1.54, 1.807) is 31.2 Å². The SMILES string of the molecule is CC1(c2cccc3ccccc23)NC(=O)N(Cc2noc(-c3ccccc3Cl)n2)C1=O. The van der Waals surface area contributed by atoms with Crippen molar-refractivity contribution in [1.29, 1.82) is 0 Å². The Morgan fingerprint density at radius 2 is 1.77 bits per heavy atom. The summed E-state index contributed by atoms with van der Waals surface area (Å²) in [6, 6.07) is 20.0. The van der Waals surface area contributed by atoms with E-state index in [1.807, 2.05) is 42.5 Å². The van der Waals surface area contributed by atoms with Crippen molar-refractivity contribution in [3.8, 4) is 11.5 Å². The van der Waals surface area contributed by atoms with E-state index >= 15 is 0 Å². The minimum absolute atomic E-state index is 0.112. The number of fused-ring (bicyclic) bond motifs is 1. The van der Waals surface area contributed by atoms with Gasteiger partial charge in [-0.3, -0.25) is 9.69 Å². The van der Waals surface area contributed by atoms with Crippen LogP contribution in [0.15, 0.2) is 71.3 Å². The van der Waals surface area contributed by atoms with Gasteiger partial charge in [0.05, 0.1) is 17.1 Å². The molecule has 0 saturated carbocycles. The molecule has 1 fully saturated rings. The number of carbonyl (C=O) groups is 2. The van der Waals surface area contributed by atoms with Gasteiger partial charge < -0.3 is 9.84 Å². The van der Waals surface area contributed by atoms with E-state index in [0.717, 1.165) is 21.2 Å². The monoisotopic (exact) mass is 432 g/mol. The molecule has 1 N–H and O–H groups in total. The van der Waals surface area contributed by atoms with Gasteiger partial charge in [0.2, 0.25) is 0 Å². The van der Waals surface area contributed by atoms with E-state index in [1.165, 1.54) is 0 Å². The van der Waals surface area contributed by atoms with Crippen molar-refractivity contribution >= 4 is 34.3 Å². The number of aromatic nitrogens is 2. The third-order valence-corrected chi connectivity index (χ3v) is 5.80. The van der Waals surface area contributed by atoms with Gasteiger partial charge in [0.25, 0.3) is 11.8 Å². The fourth-order valence-electron chi connectivity index (χ4n) is 3.89. The summed E-state index contributed by atoms with van der Waals surface area (Å²) in [6.45, 7) is 1.60. The van der Waals surface area contributed by atoms with Crippen LogP contribution in [0.2, 0.25) is 5.02 Å². The Morgan fingerprint density at radius 3 is 2.61 bits per heavy atom. The molecular formula is C23H17ClN4O3. The Labute approximate surface area is 182 Å². The third kappa shape index (κ3) is 3.14. The molecule has 0 spiro atoms. The lowest BCUT2D eigenvalue weighted by Gasteiger charge is -2.23. The van der Waals surface area contributed by atoms with Crippen LogP contribution in [0.4, 0.5) is 4.79 Å². The maximum Gasteiger partial charge on any atom is 0.325 e. The maximum atomic E-state index is 13.4. The first-order valence-corrected chi connectivity index (χ1v) is 10.0. The van der Waals surface area contributed by atoms with Crippen molar-refractivity contribution in [2.75, 3.05) is 0 Å². The molecule has 1 aliphatic rings. The van der Waals surface area contributed by atoms with Gasteiger partial charge in [-0.15, -0.1) is 0 Å². The molecular weight excluding hydrogens is 416 g/mol. The highest BCUT2D eigenvalue weighted by Crippen LogP contribution is 2.34. The molecule has 0 radical (unpaired) electrons. The summed E-state index contributed by atoms with van der Waals surface area (Å²) in [7, 11) is 0. The lowest BCUT2D eigenvalue weighted by molar-refractivity contribution is -0.131. The third-order valence-electron chi connectivity index (χ3n) is 5.48. The lowest BCUT2D eigenvalue weighted by atomic mass is 9.88. The Kier molecular flexibility index (Phi) is 4.48. The van der Waals surface area contributed by atoms with E-state index in [4.69, 9.17) is 16.1 Å². The minimum Gasteiger partial charge on any atom is -0.334 e. The predicted molar refractivity (Wildman–Crippen MR) is 115 cm³/mol. The zero-order valence-corrected chi connectivity index (χ0v) is 17.3. The molecule has 7 nitrogen and oxygen atoms in total. The van der Waals surface area contributed by atoms with Gasteiger partial charge in [0, 0.05) is 0 Å². The topological polar surface area (TPSA) is 88.3 Å². The van der Waals surface area contributed by atoms with Gasteiger partial charge in [0.1, 0.15) is 5.54 Å². The van der Waals surface area contributed by atoms with Crippen LogP contribution in [-0.4, -0.2) is 27.0 Å². The molecule has 3 amide bonds. The summed E-state index contributed by atoms with van der Waals surface area (Å²) in [5.74, 6) is 0.0583. The largest absolute Gasteiger partial charge is 0.334 e. The summed E-state index contributed by atoms with van der Waals surface area (Å²) < 4.78 is 5.29. The fraction of sp³-hybridized carbons (Fsp3) is 0.130. The normalized spacial score (nSPS) is 18.6. The zero-order valence-electron chi connectivity index (χ0n) is 16.5. The number of nitrogens with zero attached hydrogens (tertiary/aromatic N) is 3. The highest BCUT2D eigenvalue weighted by atomic mass is 35.5. The van der Waals surface area contributed by atoms with E-state index in [2.05, 4.69) is 15.5 Å². The molecule has 1 aliphatic heterocycles. The van der Waals surface area contributed by atoms with E-state index in [0.29, 0.717) is 10.6 Å². The maximum absolute atomic E-state index is 13.4. The summed E-state index contributed by atoms with van der Waals surface area (Å²) in [6.07, 6.45) is 0. The molecule has 1 aromatic heterocycles. The average Bonchev–Trinajstić information content (AvgIpc) is 3.32. The van der Waals surface area contributed by atoms with Crippen LogP contribution < -0.4 is 5.32 Å². The molecule has 8 heteroatoms. The average molecular weight is 433 g/mol. The first-order valence-electron chi connectivity index (χ1n) is 9.67. The number of urea groups is 1. The molecule has 154 valence electrons. The van der Waals surface area contributed by atoms with Gasteiger partial charge in [-0.05, 0) is 35.4 Å². The second kappa shape index (κ2) is 7.21. The number of imide groups is 1. The van der Waals surface area contributed by atoms with Crippen LogP contribution in [-0.2, 0) is 16.9 Å². The molecule has 1 saturated heterocycles. The fourth-order valence-corrected chi connectivity index (χ4v) is 4.10. The number of benzene rings is 3. The number of halogens is 1. The number of hydrogen-bond acceptors (Lipinski definition) is 5. The molecule has 3 aromatic carbocycles. The second-order valence-corrected chi connectivity index (χ2v) is 7.88. The Morgan fingerprint density at radius 1 is 1.03 bits per heavy atom. The molecule has 4 aromatic rings. The van der Waals surface area contributed by atoms with Crippen LogP contribution in [0.5, 0.6) is 0 Å². The van der Waals surface area contributed by atoms with Crippen LogP contribution in [0, 0.1) is 0 Å². The number of carbonyl (C=O) groups excluding carboxylic acids is 2. The lowest BCUT2D eigenvalue weighted by Crippen LogP contribution is -2.41. The van der Waals surface area contributed by atoms with Crippen molar-refractivity contribution in [3.05, 3.63) is 83.1 Å². The summed E-state index contributed by atoms with van der Waals surface area (Å²) >= 11 is 6.18. The molecule has 1 unspecified atom stereocenters. The van der Waals surface area contributed by atoms with Gasteiger partial charge in [0.15, 0.2) is 5.82 Å². The minimum atomic E-state index is -1.20. The van der Waals surface area contributed by atoms with Crippen molar-refractivity contribution in [2.45, 2.75) is 19.0 Å². The molecule has 31 heavy (non-hydrogen) atoms. The van der Waals surface area contributed by atoms with E-state index in [9.17, 15) is 9.59 Å². The molecule has 0 aliphatic carbocycles. The van der Waals surface area contributed by atoms with Gasteiger partial charge in [-0.1, -0.05) is 71.4 Å². The van der Waals surface area contributed by atoms with E-state index < -0.39 is 11.6 Å². The van der Waals surface area contributed by atoms with Crippen LogP contribution in [0.3, 0.4) is 0 Å². The summed E-state index contributed by atoms with van der Waals surface area (Å²) in [5, 5.41) is 9.12. The predicted octanol–water partition coefficient (Wildman–Crippen LogP) is 4.51. The Bertz CT molecular complexity index is 1330. The standard InChI is InChI=1S/C23H17ClN4O3/c1-23(17-11-6-8-14-7-2-3-9-15(14)17)21(29)28(22(30)26-23)13-19-25-20(31-27-19)16-10-4-5-12-18(16)24/h2-12H,13H2,1H3,(H,26,30). The highest BCUT2D eigenvalue weighted by Gasteiger charge is 2.49. The molecule has 0 bridgehead atoms. The first-order chi connectivity index (χ1) is 15.0. The van der Waals surface area contributed by atoms with Gasteiger partial charge in [-0.2, -0.15) is 4.98 Å². The molecule has 1 atom stereocenters. The zero-order chi connectivity index (χ0) is 21.6. The molecule has 2 heterocycles. The smallest absolute Gasteiger partial charge is 0.325 e. The van der Waals surface area contributed by atoms with Crippen LogP contribution in [0.1, 0.15) is 18.3 Å². The second-order valence-electron chi connectivity index (χ2n) is 7.47. The van der Waals surface area contributed by atoms with Crippen LogP contribution in [0.25, 0.3) is 22.2 Å². The van der Waals surface area contributed by atoms with Gasteiger partial charge >= 0.3 is 6.03 Å². The van der Waals surface area contributed by atoms with Crippen molar-refractivity contribution in [2.24, 2.45) is 0 Å². The van der Waals surface area contributed by atoms with E-state index in [-0.39, 0.29) is 24.2 Å². The van der Waals surface area contributed by atoms with Crippen molar-refractivity contribution < 1.29 is 14.1 Å². The summed E-state index contributed by atoms with van der Waals surface area (Å²) in [4.78, 5) is 31.5. The quantitative estimate of drug-likeness (QED) is 0.479. The Hall–Kier alpha value is -3.71. The van der Waals surface area contributed by atoms with Crippen molar-refractivity contribution in [1.82, 2.24) is 20.4 Å². The number of amides is 3. The number of hydrogen-bond donors (Lipinski definition) is 1. The van der Waals surface area contributed by atoms with Crippen LogP contribution >= 0.6 is 11.6 Å². The first kappa shape index (κ1) is 19.3. The van der Waals surface area contributed by atoms with Crippen molar-refractivity contribution in [3.63, 3.8) is 0 Å². The summed E-state index contributed by atoms with van der Waals surface area (Å²) in [5.41, 5.74) is 0.116. The Balaban J connectivity index is 1.45. The highest BCUT2D eigenvalue weighted by molar-refractivity contribution is 6.33. The van der Waals surface area contributed by atoms with Gasteiger partial charge in [-0.25, -0.2) is 4.79 Å². The number of rotatable bonds is 4.